The topological polar surface area (TPSA) is 31.4 Å². The van der Waals surface area contributed by atoms with Gasteiger partial charge in [-0.25, -0.2) is 0 Å². The van der Waals surface area contributed by atoms with Crippen molar-refractivity contribution >= 4 is 0 Å². The summed E-state index contributed by atoms with van der Waals surface area (Å²) in [7, 11) is 1.65. The largest absolute Gasteiger partial charge is 0.497 e. The number of hydrogen-bond acceptors (Lipinski definition) is 3. The molecular weight excluding hydrogens is 214 g/mol. The molecule has 1 heterocycles. The quantitative estimate of drug-likeness (QED) is 0.807. The minimum absolute atomic E-state index is 0.485. The van der Waals surface area contributed by atoms with E-state index in [2.05, 4.69) is 4.98 Å². The van der Waals surface area contributed by atoms with Crippen LogP contribution < -0.4 is 9.47 Å². The summed E-state index contributed by atoms with van der Waals surface area (Å²) in [6.45, 7) is 2.51. The van der Waals surface area contributed by atoms with Crippen molar-refractivity contribution < 1.29 is 9.47 Å². The number of rotatable bonds is 4. The lowest BCUT2D eigenvalue weighted by molar-refractivity contribution is 0.299. The highest BCUT2D eigenvalue weighted by atomic mass is 16.5. The smallest absolute Gasteiger partial charge is 0.130 e. The van der Waals surface area contributed by atoms with Crippen molar-refractivity contribution in [2.45, 2.75) is 13.5 Å². The van der Waals surface area contributed by atoms with Crippen LogP contribution in [-0.4, -0.2) is 12.1 Å². The zero-order valence-corrected chi connectivity index (χ0v) is 10.0. The molecule has 0 bridgehead atoms. The normalized spacial score (nSPS) is 10.0. The lowest BCUT2D eigenvalue weighted by atomic mass is 10.2. The van der Waals surface area contributed by atoms with Gasteiger partial charge < -0.3 is 9.47 Å². The van der Waals surface area contributed by atoms with E-state index in [1.165, 1.54) is 0 Å². The van der Waals surface area contributed by atoms with Gasteiger partial charge in [0, 0.05) is 6.20 Å². The van der Waals surface area contributed by atoms with Crippen LogP contribution in [0, 0.1) is 6.92 Å². The molecule has 0 fully saturated rings. The highest BCUT2D eigenvalue weighted by Gasteiger charge is 2.00. The standard InChI is InChI=1S/C14H15NO2/c1-11-4-3-9-15-14(11)10-17-13-7-5-12(16-2)6-8-13/h3-9H,10H2,1-2H3. The molecule has 0 atom stereocenters. The zero-order chi connectivity index (χ0) is 12.1. The van der Waals surface area contributed by atoms with Gasteiger partial charge in [-0.1, -0.05) is 6.07 Å². The number of aromatic nitrogens is 1. The Morgan fingerprint density at radius 3 is 2.41 bits per heavy atom. The molecule has 0 aliphatic rings. The second kappa shape index (κ2) is 5.34. The van der Waals surface area contributed by atoms with Crippen LogP contribution in [0.15, 0.2) is 42.6 Å². The molecule has 0 aliphatic carbocycles. The van der Waals surface area contributed by atoms with E-state index in [1.807, 2.05) is 43.3 Å². The molecule has 2 rings (SSSR count). The van der Waals surface area contributed by atoms with E-state index < -0.39 is 0 Å². The van der Waals surface area contributed by atoms with Crippen LogP contribution in [0.25, 0.3) is 0 Å². The van der Waals surface area contributed by atoms with Gasteiger partial charge in [0.1, 0.15) is 18.1 Å². The molecule has 0 saturated carbocycles. The number of pyridine rings is 1. The Morgan fingerprint density at radius 2 is 1.76 bits per heavy atom. The van der Waals surface area contributed by atoms with Crippen LogP contribution in [0.4, 0.5) is 0 Å². The summed E-state index contributed by atoms with van der Waals surface area (Å²) in [4.78, 5) is 4.28. The maximum absolute atomic E-state index is 5.65. The summed E-state index contributed by atoms with van der Waals surface area (Å²) in [5.74, 6) is 1.64. The van der Waals surface area contributed by atoms with Crippen molar-refractivity contribution in [3.05, 3.63) is 53.9 Å². The molecule has 3 nitrogen and oxygen atoms in total. The van der Waals surface area contributed by atoms with E-state index in [4.69, 9.17) is 9.47 Å². The monoisotopic (exact) mass is 229 g/mol. The van der Waals surface area contributed by atoms with Crippen LogP contribution in [0.5, 0.6) is 11.5 Å². The van der Waals surface area contributed by atoms with E-state index in [1.54, 1.807) is 13.3 Å². The van der Waals surface area contributed by atoms with E-state index >= 15 is 0 Å². The number of methoxy groups -OCH3 is 1. The van der Waals surface area contributed by atoms with Gasteiger partial charge in [0.05, 0.1) is 12.8 Å². The second-order valence-electron chi connectivity index (χ2n) is 3.73. The van der Waals surface area contributed by atoms with E-state index in [0.717, 1.165) is 22.8 Å². The first-order chi connectivity index (χ1) is 8.29. The average Bonchev–Trinajstić information content (AvgIpc) is 2.38. The minimum atomic E-state index is 0.485. The van der Waals surface area contributed by atoms with Gasteiger partial charge in [-0.3, -0.25) is 4.98 Å². The Balaban J connectivity index is 2.00. The fraction of sp³-hybridized carbons (Fsp3) is 0.214. The Kier molecular flexibility index (Phi) is 3.60. The highest BCUT2D eigenvalue weighted by Crippen LogP contribution is 2.18. The van der Waals surface area contributed by atoms with Crippen molar-refractivity contribution in [2.75, 3.05) is 7.11 Å². The van der Waals surface area contributed by atoms with Gasteiger partial charge in [0.2, 0.25) is 0 Å². The van der Waals surface area contributed by atoms with E-state index in [0.29, 0.717) is 6.61 Å². The number of hydrogen-bond donors (Lipinski definition) is 0. The number of ether oxygens (including phenoxy) is 2. The SMILES string of the molecule is COc1ccc(OCc2ncccc2C)cc1. The summed E-state index contributed by atoms with van der Waals surface area (Å²) in [6.07, 6.45) is 1.78. The Morgan fingerprint density at radius 1 is 1.06 bits per heavy atom. The fourth-order valence-electron chi connectivity index (χ4n) is 1.49. The first kappa shape index (κ1) is 11.5. The van der Waals surface area contributed by atoms with Crippen molar-refractivity contribution in [1.82, 2.24) is 4.98 Å². The summed E-state index contributed by atoms with van der Waals surface area (Å²) >= 11 is 0. The molecule has 1 aromatic heterocycles. The Bertz CT molecular complexity index is 480. The second-order valence-corrected chi connectivity index (χ2v) is 3.73. The summed E-state index contributed by atoms with van der Waals surface area (Å²) in [5, 5.41) is 0. The van der Waals surface area contributed by atoms with Crippen molar-refractivity contribution in [2.24, 2.45) is 0 Å². The third-order valence-electron chi connectivity index (χ3n) is 2.55. The molecule has 88 valence electrons. The molecule has 0 amide bonds. The lowest BCUT2D eigenvalue weighted by Crippen LogP contribution is -2.00. The predicted octanol–water partition coefficient (Wildman–Crippen LogP) is 2.98. The van der Waals surface area contributed by atoms with Gasteiger partial charge >= 0.3 is 0 Å². The predicted molar refractivity (Wildman–Crippen MR) is 66.3 cm³/mol. The molecule has 17 heavy (non-hydrogen) atoms. The van der Waals surface area contributed by atoms with Crippen LogP contribution in [0.2, 0.25) is 0 Å². The van der Waals surface area contributed by atoms with Crippen molar-refractivity contribution in [3.8, 4) is 11.5 Å². The van der Waals surface area contributed by atoms with Crippen LogP contribution in [-0.2, 0) is 6.61 Å². The van der Waals surface area contributed by atoms with Crippen LogP contribution in [0.3, 0.4) is 0 Å². The molecule has 0 unspecified atom stereocenters. The maximum Gasteiger partial charge on any atom is 0.130 e. The average molecular weight is 229 g/mol. The summed E-state index contributed by atoms with van der Waals surface area (Å²) < 4.78 is 10.7. The molecule has 0 saturated heterocycles. The van der Waals surface area contributed by atoms with Crippen molar-refractivity contribution in [1.29, 1.82) is 0 Å². The number of benzene rings is 1. The third-order valence-corrected chi connectivity index (χ3v) is 2.55. The van der Waals surface area contributed by atoms with Crippen LogP contribution >= 0.6 is 0 Å². The van der Waals surface area contributed by atoms with E-state index in [9.17, 15) is 0 Å². The minimum Gasteiger partial charge on any atom is -0.497 e. The van der Waals surface area contributed by atoms with Gasteiger partial charge in [-0.05, 0) is 42.8 Å². The molecule has 0 aliphatic heterocycles. The molecule has 0 spiro atoms. The maximum atomic E-state index is 5.65. The molecule has 0 radical (unpaired) electrons. The molecule has 3 heteroatoms. The third kappa shape index (κ3) is 2.97. The summed E-state index contributed by atoms with van der Waals surface area (Å²) in [6, 6.07) is 11.5. The van der Waals surface area contributed by atoms with Gasteiger partial charge in [-0.2, -0.15) is 0 Å². The highest BCUT2D eigenvalue weighted by molar-refractivity contribution is 5.31. The fourth-order valence-corrected chi connectivity index (χ4v) is 1.49. The molecule has 2 aromatic rings. The Labute approximate surface area is 101 Å². The van der Waals surface area contributed by atoms with Crippen LogP contribution in [0.1, 0.15) is 11.3 Å². The van der Waals surface area contributed by atoms with E-state index in [-0.39, 0.29) is 0 Å². The van der Waals surface area contributed by atoms with Gasteiger partial charge in [-0.15, -0.1) is 0 Å². The van der Waals surface area contributed by atoms with Gasteiger partial charge in [0.15, 0.2) is 0 Å². The summed E-state index contributed by atoms with van der Waals surface area (Å²) in [5.41, 5.74) is 2.10. The first-order valence-corrected chi connectivity index (χ1v) is 5.47. The first-order valence-electron chi connectivity index (χ1n) is 5.47. The lowest BCUT2D eigenvalue weighted by Gasteiger charge is -2.08. The van der Waals surface area contributed by atoms with Crippen molar-refractivity contribution in [3.63, 3.8) is 0 Å². The molecule has 0 N–H and O–H groups in total. The number of aryl methyl sites for hydroxylation is 1. The molecule has 1 aromatic carbocycles. The Hall–Kier alpha value is -2.03. The van der Waals surface area contributed by atoms with Gasteiger partial charge in [0.25, 0.3) is 0 Å². The zero-order valence-electron chi connectivity index (χ0n) is 10.0. The number of nitrogens with zero attached hydrogens (tertiary/aromatic N) is 1. The molecular formula is C14H15NO2.